The number of likely N-dealkylation sites (tertiary alicyclic amines) is 1. The molecule has 0 saturated carbocycles. The fourth-order valence-electron chi connectivity index (χ4n) is 4.19. The number of nitrogens with zero attached hydrogens (tertiary/aromatic N) is 3. The van der Waals surface area contributed by atoms with Gasteiger partial charge in [-0.2, -0.15) is 0 Å². The zero-order valence-corrected chi connectivity index (χ0v) is 18.6. The summed E-state index contributed by atoms with van der Waals surface area (Å²) in [5, 5.41) is 9.93. The Kier molecular flexibility index (Phi) is 6.27. The molecule has 1 unspecified atom stereocenters. The molecule has 2 saturated heterocycles. The fourth-order valence-corrected chi connectivity index (χ4v) is 4.45. The number of piperazine rings is 1. The van der Waals surface area contributed by atoms with Crippen LogP contribution in [0.4, 0.5) is 0 Å². The molecule has 0 bridgehead atoms. The first kappa shape index (κ1) is 21.4. The van der Waals surface area contributed by atoms with Gasteiger partial charge in [0.2, 0.25) is 5.91 Å². The summed E-state index contributed by atoms with van der Waals surface area (Å²) in [5.74, 6) is -0.466. The van der Waals surface area contributed by atoms with Crippen molar-refractivity contribution in [1.82, 2.24) is 14.7 Å². The molecule has 1 N–H and O–H groups in total. The monoisotopic (exact) mass is 485 g/mol. The molecule has 4 rings (SSSR count). The summed E-state index contributed by atoms with van der Waals surface area (Å²) in [7, 11) is 0. The first-order chi connectivity index (χ1) is 15.0. The third kappa shape index (κ3) is 4.44. The molecular formula is C23H24BrN3O4. The van der Waals surface area contributed by atoms with Crippen LogP contribution in [0.5, 0.6) is 5.75 Å². The zero-order valence-electron chi connectivity index (χ0n) is 17.0. The highest BCUT2D eigenvalue weighted by molar-refractivity contribution is 9.10. The number of hydrogen-bond donors (Lipinski definition) is 1. The van der Waals surface area contributed by atoms with E-state index in [1.807, 2.05) is 12.1 Å². The number of rotatable bonds is 3. The predicted octanol–water partition coefficient (Wildman–Crippen LogP) is 2.74. The molecule has 1 atom stereocenters. The van der Waals surface area contributed by atoms with E-state index in [0.717, 1.165) is 10.9 Å². The van der Waals surface area contributed by atoms with E-state index >= 15 is 0 Å². The minimum atomic E-state index is -0.462. The Morgan fingerprint density at radius 2 is 1.48 bits per heavy atom. The van der Waals surface area contributed by atoms with Gasteiger partial charge in [-0.1, -0.05) is 28.1 Å². The van der Waals surface area contributed by atoms with Crippen molar-refractivity contribution in [2.24, 2.45) is 0 Å². The van der Waals surface area contributed by atoms with Gasteiger partial charge in [0, 0.05) is 42.8 Å². The lowest BCUT2D eigenvalue weighted by Gasteiger charge is -2.37. The van der Waals surface area contributed by atoms with E-state index in [1.54, 1.807) is 45.0 Å². The smallest absolute Gasteiger partial charge is 0.257 e. The number of para-hydroxylation sites is 1. The molecule has 31 heavy (non-hydrogen) atoms. The topological polar surface area (TPSA) is 81.2 Å². The SMILES string of the molecule is O=C(c1ccccc1O)N1CCN(C(=O)C2CCCN2C(=O)c2ccc(Br)cc2)CC1. The molecule has 2 aliphatic heterocycles. The maximum Gasteiger partial charge on any atom is 0.257 e. The molecule has 2 heterocycles. The second-order valence-electron chi connectivity index (χ2n) is 7.80. The number of phenolic OH excluding ortho intramolecular Hbond substituents is 1. The van der Waals surface area contributed by atoms with Crippen LogP contribution in [0.2, 0.25) is 0 Å². The molecule has 0 aromatic heterocycles. The Hall–Kier alpha value is -2.87. The van der Waals surface area contributed by atoms with Crippen molar-refractivity contribution in [3.63, 3.8) is 0 Å². The maximum atomic E-state index is 13.2. The van der Waals surface area contributed by atoms with Crippen molar-refractivity contribution in [3.8, 4) is 5.75 Å². The van der Waals surface area contributed by atoms with Gasteiger partial charge in [0.15, 0.2) is 0 Å². The minimum Gasteiger partial charge on any atom is -0.507 e. The van der Waals surface area contributed by atoms with Crippen LogP contribution in [0, 0.1) is 0 Å². The molecule has 0 aliphatic carbocycles. The third-order valence-corrected chi connectivity index (χ3v) is 6.43. The quantitative estimate of drug-likeness (QED) is 0.724. The molecule has 8 heteroatoms. The van der Waals surface area contributed by atoms with Crippen LogP contribution in [0.3, 0.4) is 0 Å². The summed E-state index contributed by atoms with van der Waals surface area (Å²) in [6, 6.07) is 13.2. The number of aromatic hydroxyl groups is 1. The van der Waals surface area contributed by atoms with Crippen LogP contribution in [0.1, 0.15) is 33.6 Å². The summed E-state index contributed by atoms with van der Waals surface area (Å²) in [6.07, 6.45) is 1.45. The lowest BCUT2D eigenvalue weighted by Crippen LogP contribution is -2.55. The molecule has 0 radical (unpaired) electrons. The van der Waals surface area contributed by atoms with Gasteiger partial charge in [0.1, 0.15) is 11.8 Å². The van der Waals surface area contributed by atoms with Gasteiger partial charge in [0.05, 0.1) is 5.56 Å². The maximum absolute atomic E-state index is 13.2. The van der Waals surface area contributed by atoms with Crippen molar-refractivity contribution in [1.29, 1.82) is 0 Å². The summed E-state index contributed by atoms with van der Waals surface area (Å²) in [6.45, 7) is 2.18. The first-order valence-corrected chi connectivity index (χ1v) is 11.2. The van der Waals surface area contributed by atoms with E-state index in [2.05, 4.69) is 15.9 Å². The van der Waals surface area contributed by atoms with Crippen molar-refractivity contribution in [3.05, 3.63) is 64.1 Å². The lowest BCUT2D eigenvalue weighted by atomic mass is 10.1. The Morgan fingerprint density at radius 1 is 0.839 bits per heavy atom. The fraction of sp³-hybridized carbons (Fsp3) is 0.348. The molecule has 3 amide bonds. The molecule has 2 aromatic rings. The predicted molar refractivity (Wildman–Crippen MR) is 119 cm³/mol. The second-order valence-corrected chi connectivity index (χ2v) is 8.71. The van der Waals surface area contributed by atoms with E-state index in [1.165, 1.54) is 6.07 Å². The van der Waals surface area contributed by atoms with Crippen LogP contribution < -0.4 is 0 Å². The Bertz CT molecular complexity index is 987. The Labute approximate surface area is 189 Å². The molecule has 7 nitrogen and oxygen atoms in total. The van der Waals surface area contributed by atoms with Crippen LogP contribution >= 0.6 is 15.9 Å². The van der Waals surface area contributed by atoms with Crippen LogP contribution in [0.15, 0.2) is 53.0 Å². The van der Waals surface area contributed by atoms with Gasteiger partial charge >= 0.3 is 0 Å². The normalized spacial score (nSPS) is 18.9. The average Bonchev–Trinajstić information content (AvgIpc) is 3.28. The average molecular weight is 486 g/mol. The molecule has 0 spiro atoms. The van der Waals surface area contributed by atoms with Gasteiger partial charge in [-0.25, -0.2) is 0 Å². The largest absolute Gasteiger partial charge is 0.507 e. The van der Waals surface area contributed by atoms with Gasteiger partial charge in [-0.05, 0) is 49.2 Å². The van der Waals surface area contributed by atoms with Crippen molar-refractivity contribution in [2.45, 2.75) is 18.9 Å². The summed E-state index contributed by atoms with van der Waals surface area (Å²) < 4.78 is 0.898. The zero-order chi connectivity index (χ0) is 22.0. The molecular weight excluding hydrogens is 462 g/mol. The third-order valence-electron chi connectivity index (χ3n) is 5.90. The summed E-state index contributed by atoms with van der Waals surface area (Å²) in [5.41, 5.74) is 0.838. The van der Waals surface area contributed by atoms with E-state index in [0.29, 0.717) is 44.7 Å². The number of amides is 3. The van der Waals surface area contributed by atoms with Gasteiger partial charge in [0.25, 0.3) is 11.8 Å². The molecule has 162 valence electrons. The summed E-state index contributed by atoms with van der Waals surface area (Å²) >= 11 is 3.37. The highest BCUT2D eigenvalue weighted by Crippen LogP contribution is 2.24. The van der Waals surface area contributed by atoms with Crippen LogP contribution in [-0.2, 0) is 4.79 Å². The minimum absolute atomic E-state index is 0.0425. The van der Waals surface area contributed by atoms with E-state index in [9.17, 15) is 19.5 Å². The van der Waals surface area contributed by atoms with E-state index < -0.39 is 6.04 Å². The molecule has 2 aliphatic rings. The first-order valence-electron chi connectivity index (χ1n) is 10.4. The second kappa shape index (κ2) is 9.09. The number of halogens is 1. The number of benzene rings is 2. The molecule has 2 aromatic carbocycles. The van der Waals surface area contributed by atoms with Crippen LogP contribution in [-0.4, -0.2) is 76.3 Å². The highest BCUT2D eigenvalue weighted by Gasteiger charge is 2.38. The van der Waals surface area contributed by atoms with E-state index in [4.69, 9.17) is 0 Å². The van der Waals surface area contributed by atoms with Crippen molar-refractivity contribution in [2.75, 3.05) is 32.7 Å². The van der Waals surface area contributed by atoms with Gasteiger partial charge < -0.3 is 19.8 Å². The van der Waals surface area contributed by atoms with Crippen LogP contribution in [0.25, 0.3) is 0 Å². The Balaban J connectivity index is 1.39. The van der Waals surface area contributed by atoms with E-state index in [-0.39, 0.29) is 29.0 Å². The Morgan fingerprint density at radius 3 is 2.16 bits per heavy atom. The highest BCUT2D eigenvalue weighted by atomic mass is 79.9. The number of phenols is 1. The number of hydrogen-bond acceptors (Lipinski definition) is 4. The number of carbonyl (C=O) groups excluding carboxylic acids is 3. The molecule has 2 fully saturated rings. The van der Waals surface area contributed by atoms with Crippen molar-refractivity contribution < 1.29 is 19.5 Å². The van der Waals surface area contributed by atoms with Crippen molar-refractivity contribution >= 4 is 33.7 Å². The lowest BCUT2D eigenvalue weighted by molar-refractivity contribution is -0.136. The van der Waals surface area contributed by atoms with Gasteiger partial charge in [-0.15, -0.1) is 0 Å². The summed E-state index contributed by atoms with van der Waals surface area (Å²) in [4.78, 5) is 43.9. The van der Waals surface area contributed by atoms with Gasteiger partial charge in [-0.3, -0.25) is 14.4 Å². The standard InChI is InChI=1S/C23H24BrN3O4/c24-17-9-7-16(8-10-17)21(29)27-11-3-5-19(27)23(31)26-14-12-25(13-15-26)22(30)18-4-1-2-6-20(18)28/h1-2,4,6-10,19,28H,3,5,11-15H2. The number of carbonyl (C=O) groups is 3.